The van der Waals surface area contributed by atoms with Gasteiger partial charge in [-0.25, -0.2) is 4.98 Å². The van der Waals surface area contributed by atoms with Crippen LogP contribution in [0.4, 0.5) is 14.5 Å². The Morgan fingerprint density at radius 2 is 2.07 bits per heavy atom. The van der Waals surface area contributed by atoms with Crippen LogP contribution in [0.5, 0.6) is 5.75 Å². The molecule has 0 aliphatic heterocycles. The summed E-state index contributed by atoms with van der Waals surface area (Å²) in [5, 5.41) is 3.47. The van der Waals surface area contributed by atoms with Gasteiger partial charge in [-0.1, -0.05) is 46.7 Å². The Morgan fingerprint density at radius 3 is 2.80 bits per heavy atom. The van der Waals surface area contributed by atoms with Crippen molar-refractivity contribution in [1.82, 2.24) is 9.55 Å². The summed E-state index contributed by atoms with van der Waals surface area (Å²) in [6.07, 6.45) is 0.721. The van der Waals surface area contributed by atoms with Gasteiger partial charge in [0.2, 0.25) is 5.91 Å². The predicted octanol–water partition coefficient (Wildman–Crippen LogP) is 4.90. The molecule has 0 saturated carbocycles. The van der Waals surface area contributed by atoms with E-state index in [1.165, 1.54) is 18.2 Å². The zero-order valence-electron chi connectivity index (χ0n) is 15.9. The van der Waals surface area contributed by atoms with Gasteiger partial charge in [-0.3, -0.25) is 14.2 Å². The van der Waals surface area contributed by atoms with E-state index in [4.69, 9.17) is 0 Å². The van der Waals surface area contributed by atoms with Gasteiger partial charge >= 0.3 is 6.61 Å². The second kappa shape index (κ2) is 10.0. The first-order valence-corrected chi connectivity index (χ1v) is 10.8. The fourth-order valence-corrected chi connectivity index (χ4v) is 3.98. The molecule has 3 rings (SSSR count). The number of rotatable bonds is 8. The van der Waals surface area contributed by atoms with Crippen molar-refractivity contribution in [3.05, 3.63) is 57.3 Å². The van der Waals surface area contributed by atoms with Crippen LogP contribution in [-0.2, 0) is 11.3 Å². The number of hydrogen-bond donors (Lipinski definition) is 1. The summed E-state index contributed by atoms with van der Waals surface area (Å²) in [5.74, 6) is -0.608. The minimum absolute atomic E-state index is 0.0544. The lowest BCUT2D eigenvalue weighted by molar-refractivity contribution is -0.113. The van der Waals surface area contributed by atoms with Crippen LogP contribution in [0.25, 0.3) is 10.9 Å². The third-order valence-corrected chi connectivity index (χ3v) is 5.51. The third kappa shape index (κ3) is 5.37. The van der Waals surface area contributed by atoms with Crippen molar-refractivity contribution in [2.45, 2.75) is 31.7 Å². The fraction of sp³-hybridized carbons (Fsp3) is 0.250. The van der Waals surface area contributed by atoms with E-state index in [1.54, 1.807) is 28.8 Å². The number of anilines is 1. The van der Waals surface area contributed by atoms with Gasteiger partial charge in [0, 0.05) is 11.0 Å². The number of alkyl halides is 2. The highest BCUT2D eigenvalue weighted by molar-refractivity contribution is 9.10. The van der Waals surface area contributed by atoms with Crippen molar-refractivity contribution in [2.24, 2.45) is 0 Å². The van der Waals surface area contributed by atoms with Crippen LogP contribution >= 0.6 is 27.7 Å². The Hall–Kier alpha value is -2.46. The SMILES string of the molecule is CCCn1c(SCC(=O)Nc2ccccc2OC(F)F)nc2ccc(Br)cc2c1=O. The maximum atomic E-state index is 12.9. The summed E-state index contributed by atoms with van der Waals surface area (Å²) < 4.78 is 31.8. The van der Waals surface area contributed by atoms with E-state index in [1.807, 2.05) is 6.92 Å². The van der Waals surface area contributed by atoms with Crippen molar-refractivity contribution in [2.75, 3.05) is 11.1 Å². The Labute approximate surface area is 183 Å². The van der Waals surface area contributed by atoms with E-state index in [2.05, 4.69) is 31.0 Å². The van der Waals surface area contributed by atoms with Crippen LogP contribution in [0.1, 0.15) is 13.3 Å². The zero-order chi connectivity index (χ0) is 21.7. The molecular formula is C20H18BrF2N3O3S. The Balaban J connectivity index is 1.80. The number of halogens is 3. The van der Waals surface area contributed by atoms with Crippen LogP contribution in [0.15, 0.2) is 56.9 Å². The molecule has 0 bridgehead atoms. The number of fused-ring (bicyclic) bond motifs is 1. The number of hydrogen-bond acceptors (Lipinski definition) is 5. The zero-order valence-corrected chi connectivity index (χ0v) is 18.3. The molecule has 0 radical (unpaired) electrons. The van der Waals surface area contributed by atoms with E-state index < -0.39 is 12.5 Å². The number of benzene rings is 2. The normalized spacial score (nSPS) is 11.1. The summed E-state index contributed by atoms with van der Waals surface area (Å²) >= 11 is 4.47. The Bertz CT molecular complexity index is 1120. The quantitative estimate of drug-likeness (QED) is 0.353. The van der Waals surface area contributed by atoms with Gasteiger partial charge in [0.15, 0.2) is 5.16 Å². The average Bonchev–Trinajstić information content (AvgIpc) is 2.70. The van der Waals surface area contributed by atoms with E-state index in [9.17, 15) is 18.4 Å². The van der Waals surface area contributed by atoms with E-state index >= 15 is 0 Å². The van der Waals surface area contributed by atoms with Crippen molar-refractivity contribution in [1.29, 1.82) is 0 Å². The highest BCUT2D eigenvalue weighted by Gasteiger charge is 2.15. The first-order valence-electron chi connectivity index (χ1n) is 9.05. The number of ether oxygens (including phenoxy) is 1. The molecule has 158 valence electrons. The van der Waals surface area contributed by atoms with Crippen LogP contribution in [0.2, 0.25) is 0 Å². The number of thioether (sulfide) groups is 1. The molecule has 0 aliphatic carbocycles. The summed E-state index contributed by atoms with van der Waals surface area (Å²) in [6.45, 7) is -0.593. The first-order chi connectivity index (χ1) is 14.4. The van der Waals surface area contributed by atoms with Gasteiger partial charge in [-0.15, -0.1) is 0 Å². The lowest BCUT2D eigenvalue weighted by Crippen LogP contribution is -2.24. The largest absolute Gasteiger partial charge is 0.433 e. The predicted molar refractivity (Wildman–Crippen MR) is 116 cm³/mol. The molecule has 0 spiro atoms. The van der Waals surface area contributed by atoms with Crippen LogP contribution < -0.4 is 15.6 Å². The molecule has 10 heteroatoms. The average molecular weight is 498 g/mol. The van der Waals surface area contributed by atoms with Gasteiger partial charge in [-0.2, -0.15) is 8.78 Å². The summed E-state index contributed by atoms with van der Waals surface area (Å²) in [7, 11) is 0. The smallest absolute Gasteiger partial charge is 0.387 e. The maximum Gasteiger partial charge on any atom is 0.387 e. The first kappa shape index (κ1) is 22.2. The van der Waals surface area contributed by atoms with Crippen molar-refractivity contribution in [3.63, 3.8) is 0 Å². The van der Waals surface area contributed by atoms with Crippen molar-refractivity contribution < 1.29 is 18.3 Å². The van der Waals surface area contributed by atoms with Gasteiger partial charge in [0.1, 0.15) is 5.75 Å². The molecule has 6 nitrogen and oxygen atoms in total. The maximum absolute atomic E-state index is 12.9. The lowest BCUT2D eigenvalue weighted by Gasteiger charge is -2.13. The standard InChI is InChI=1S/C20H18BrF2N3O3S/c1-2-9-26-18(28)13-10-12(21)7-8-14(13)25-20(26)30-11-17(27)24-15-5-3-4-6-16(15)29-19(22)23/h3-8,10,19H,2,9,11H2,1H3,(H,24,27). The Kier molecular flexibility index (Phi) is 7.43. The molecule has 1 aromatic heterocycles. The minimum atomic E-state index is -3.00. The van der Waals surface area contributed by atoms with Gasteiger partial charge in [0.25, 0.3) is 5.56 Å². The lowest BCUT2D eigenvalue weighted by atomic mass is 10.2. The number of nitrogens with one attached hydrogen (secondary N) is 1. The highest BCUT2D eigenvalue weighted by Crippen LogP contribution is 2.26. The molecule has 0 aliphatic rings. The fourth-order valence-electron chi connectivity index (χ4n) is 2.79. The number of nitrogens with zero attached hydrogens (tertiary/aromatic N) is 2. The van der Waals surface area contributed by atoms with Gasteiger partial charge < -0.3 is 10.1 Å². The summed E-state index contributed by atoms with van der Waals surface area (Å²) in [6, 6.07) is 11.2. The molecule has 0 saturated heterocycles. The van der Waals surface area contributed by atoms with Crippen LogP contribution in [-0.4, -0.2) is 27.8 Å². The molecular weight excluding hydrogens is 480 g/mol. The third-order valence-electron chi connectivity index (χ3n) is 4.04. The van der Waals surface area contributed by atoms with E-state index in [0.717, 1.165) is 22.7 Å². The second-order valence-corrected chi connectivity index (χ2v) is 8.08. The topological polar surface area (TPSA) is 73.2 Å². The molecule has 1 N–H and O–H groups in total. The molecule has 0 unspecified atom stereocenters. The molecule has 1 heterocycles. The number of para-hydroxylation sites is 2. The second-order valence-electron chi connectivity index (χ2n) is 6.22. The van der Waals surface area contributed by atoms with Crippen molar-refractivity contribution >= 4 is 50.2 Å². The monoisotopic (exact) mass is 497 g/mol. The van der Waals surface area contributed by atoms with E-state index in [0.29, 0.717) is 22.6 Å². The number of amides is 1. The molecule has 3 aromatic rings. The summed E-state index contributed by atoms with van der Waals surface area (Å²) in [5.41, 5.74) is 0.501. The molecule has 1 amide bonds. The number of carbonyl (C=O) groups is 1. The molecule has 0 atom stereocenters. The molecule has 2 aromatic carbocycles. The molecule has 0 fully saturated rings. The molecule has 30 heavy (non-hydrogen) atoms. The number of aromatic nitrogens is 2. The highest BCUT2D eigenvalue weighted by atomic mass is 79.9. The summed E-state index contributed by atoms with van der Waals surface area (Å²) in [4.78, 5) is 29.8. The van der Waals surface area contributed by atoms with Gasteiger partial charge in [-0.05, 0) is 36.8 Å². The van der Waals surface area contributed by atoms with Gasteiger partial charge in [0.05, 0.1) is 22.3 Å². The number of carbonyl (C=O) groups excluding carboxylic acids is 1. The Morgan fingerprint density at radius 1 is 1.30 bits per heavy atom. The van der Waals surface area contributed by atoms with Crippen molar-refractivity contribution in [3.8, 4) is 5.75 Å². The minimum Gasteiger partial charge on any atom is -0.433 e. The van der Waals surface area contributed by atoms with E-state index in [-0.39, 0.29) is 22.7 Å². The van der Waals surface area contributed by atoms with Crippen LogP contribution in [0, 0.1) is 0 Å². The van der Waals surface area contributed by atoms with Crippen LogP contribution in [0.3, 0.4) is 0 Å².